The maximum atomic E-state index is 12.5. The summed E-state index contributed by atoms with van der Waals surface area (Å²) in [5.74, 6) is -0.135. The van der Waals surface area contributed by atoms with Crippen molar-refractivity contribution < 1.29 is 4.79 Å². The highest BCUT2D eigenvalue weighted by molar-refractivity contribution is 5.94. The molecule has 0 unspecified atom stereocenters. The van der Waals surface area contributed by atoms with Gasteiger partial charge in [0, 0.05) is 18.4 Å². The number of anilines is 2. The van der Waals surface area contributed by atoms with E-state index in [1.807, 2.05) is 43.3 Å². The lowest BCUT2D eigenvalue weighted by atomic mass is 10.1. The van der Waals surface area contributed by atoms with E-state index in [1.165, 1.54) is 11.1 Å². The van der Waals surface area contributed by atoms with Crippen molar-refractivity contribution in [1.29, 1.82) is 0 Å². The normalized spacial score (nSPS) is 10.4. The first-order valence-corrected chi connectivity index (χ1v) is 8.65. The zero-order valence-corrected chi connectivity index (χ0v) is 15.3. The molecule has 0 spiro atoms. The van der Waals surface area contributed by atoms with Gasteiger partial charge < -0.3 is 10.6 Å². The maximum absolute atomic E-state index is 12.5. The Balaban J connectivity index is 1.69. The first-order valence-electron chi connectivity index (χ1n) is 8.65. The van der Waals surface area contributed by atoms with Gasteiger partial charge in [0.2, 0.25) is 0 Å². The van der Waals surface area contributed by atoms with E-state index in [0.717, 1.165) is 22.5 Å². The van der Waals surface area contributed by atoms with Gasteiger partial charge in [-0.1, -0.05) is 30.3 Å². The lowest BCUT2D eigenvalue weighted by molar-refractivity contribution is 0.0950. The summed E-state index contributed by atoms with van der Waals surface area (Å²) >= 11 is 0. The number of pyridine rings is 1. The molecule has 0 aliphatic heterocycles. The predicted molar refractivity (Wildman–Crippen MR) is 106 cm³/mol. The number of carbonyl (C=O) groups is 1. The second kappa shape index (κ2) is 7.83. The standard InChI is InChI=1S/C22H23N3O/c1-15-8-9-20(10-17(15)3)25-21-11-19(12-23-14-21)22(26)24-13-18-7-5-4-6-16(18)2/h4-12,14,25H,13H2,1-3H3,(H,24,26). The van der Waals surface area contributed by atoms with Crippen molar-refractivity contribution in [2.75, 3.05) is 5.32 Å². The van der Waals surface area contributed by atoms with Gasteiger partial charge in [0.15, 0.2) is 0 Å². The third-order valence-electron chi connectivity index (χ3n) is 4.50. The van der Waals surface area contributed by atoms with Crippen LogP contribution in [0.15, 0.2) is 60.9 Å². The Morgan fingerprint density at radius 1 is 0.885 bits per heavy atom. The minimum absolute atomic E-state index is 0.135. The third-order valence-corrected chi connectivity index (χ3v) is 4.50. The van der Waals surface area contributed by atoms with Crippen molar-refractivity contribution in [2.24, 2.45) is 0 Å². The number of hydrogen-bond donors (Lipinski definition) is 2. The number of aromatic nitrogens is 1. The summed E-state index contributed by atoms with van der Waals surface area (Å²) in [6.45, 7) is 6.70. The number of rotatable bonds is 5. The molecule has 0 bridgehead atoms. The van der Waals surface area contributed by atoms with E-state index in [-0.39, 0.29) is 5.91 Å². The van der Waals surface area contributed by atoms with Gasteiger partial charge in [0.25, 0.3) is 5.91 Å². The second-order valence-corrected chi connectivity index (χ2v) is 6.50. The molecule has 0 fully saturated rings. The Hall–Kier alpha value is -3.14. The van der Waals surface area contributed by atoms with E-state index in [9.17, 15) is 4.79 Å². The van der Waals surface area contributed by atoms with Crippen LogP contribution in [-0.4, -0.2) is 10.9 Å². The zero-order chi connectivity index (χ0) is 18.5. The largest absolute Gasteiger partial charge is 0.354 e. The van der Waals surface area contributed by atoms with E-state index in [2.05, 4.69) is 41.6 Å². The monoisotopic (exact) mass is 345 g/mol. The fraction of sp³-hybridized carbons (Fsp3) is 0.182. The van der Waals surface area contributed by atoms with Crippen molar-refractivity contribution in [2.45, 2.75) is 27.3 Å². The summed E-state index contributed by atoms with van der Waals surface area (Å²) in [6, 6.07) is 16.0. The Morgan fingerprint density at radius 2 is 1.69 bits per heavy atom. The highest BCUT2D eigenvalue weighted by Crippen LogP contribution is 2.20. The smallest absolute Gasteiger partial charge is 0.253 e. The fourth-order valence-corrected chi connectivity index (χ4v) is 2.70. The molecule has 1 aromatic heterocycles. The number of hydrogen-bond acceptors (Lipinski definition) is 3. The second-order valence-electron chi connectivity index (χ2n) is 6.50. The summed E-state index contributed by atoms with van der Waals surface area (Å²) in [5.41, 5.74) is 7.04. The average Bonchev–Trinajstić information content (AvgIpc) is 2.64. The highest BCUT2D eigenvalue weighted by Gasteiger charge is 2.08. The topological polar surface area (TPSA) is 54.0 Å². The van der Waals surface area contributed by atoms with Crippen molar-refractivity contribution >= 4 is 17.3 Å². The zero-order valence-electron chi connectivity index (χ0n) is 15.3. The molecular weight excluding hydrogens is 322 g/mol. The van der Waals surface area contributed by atoms with Gasteiger partial charge in [-0.2, -0.15) is 0 Å². The first kappa shape index (κ1) is 17.7. The average molecular weight is 345 g/mol. The molecule has 3 rings (SSSR count). The van der Waals surface area contributed by atoms with E-state index in [0.29, 0.717) is 12.1 Å². The van der Waals surface area contributed by atoms with Crippen LogP contribution in [0.1, 0.15) is 32.6 Å². The molecule has 4 heteroatoms. The molecule has 4 nitrogen and oxygen atoms in total. The minimum atomic E-state index is -0.135. The van der Waals surface area contributed by atoms with Gasteiger partial charge in [-0.25, -0.2) is 0 Å². The molecule has 1 amide bonds. The van der Waals surface area contributed by atoms with Gasteiger partial charge in [0.05, 0.1) is 17.4 Å². The van der Waals surface area contributed by atoms with Gasteiger partial charge in [-0.15, -0.1) is 0 Å². The number of amides is 1. The van der Waals surface area contributed by atoms with Crippen molar-refractivity contribution in [3.05, 3.63) is 88.7 Å². The van der Waals surface area contributed by atoms with Crippen LogP contribution in [0.2, 0.25) is 0 Å². The van der Waals surface area contributed by atoms with E-state index < -0.39 is 0 Å². The number of benzene rings is 2. The molecule has 0 aliphatic rings. The molecule has 3 aromatic rings. The van der Waals surface area contributed by atoms with Gasteiger partial charge in [-0.3, -0.25) is 9.78 Å². The number of aryl methyl sites for hydroxylation is 3. The van der Waals surface area contributed by atoms with Gasteiger partial charge >= 0.3 is 0 Å². The quantitative estimate of drug-likeness (QED) is 0.706. The first-order chi connectivity index (χ1) is 12.5. The summed E-state index contributed by atoms with van der Waals surface area (Å²) < 4.78 is 0. The Labute approximate surface area is 154 Å². The summed E-state index contributed by atoms with van der Waals surface area (Å²) in [6.07, 6.45) is 3.30. The van der Waals surface area contributed by atoms with E-state index >= 15 is 0 Å². The molecule has 0 atom stereocenters. The molecule has 1 heterocycles. The lowest BCUT2D eigenvalue weighted by Gasteiger charge is -2.11. The van der Waals surface area contributed by atoms with Gasteiger partial charge in [0.1, 0.15) is 0 Å². The molecule has 132 valence electrons. The van der Waals surface area contributed by atoms with Crippen LogP contribution < -0.4 is 10.6 Å². The SMILES string of the molecule is Cc1ccc(Nc2cncc(C(=O)NCc3ccccc3C)c2)cc1C. The van der Waals surface area contributed by atoms with Crippen LogP contribution in [0.3, 0.4) is 0 Å². The Bertz CT molecular complexity index is 934. The molecule has 0 saturated carbocycles. The van der Waals surface area contributed by atoms with Crippen LogP contribution in [0.4, 0.5) is 11.4 Å². The molecule has 2 aromatic carbocycles. The number of nitrogens with zero attached hydrogens (tertiary/aromatic N) is 1. The number of carbonyl (C=O) groups excluding carboxylic acids is 1. The molecule has 0 aliphatic carbocycles. The number of nitrogens with one attached hydrogen (secondary N) is 2. The van der Waals surface area contributed by atoms with Crippen molar-refractivity contribution in [1.82, 2.24) is 10.3 Å². The Morgan fingerprint density at radius 3 is 2.46 bits per heavy atom. The summed E-state index contributed by atoms with van der Waals surface area (Å²) in [4.78, 5) is 16.6. The predicted octanol–water partition coefficient (Wildman–Crippen LogP) is 4.68. The summed E-state index contributed by atoms with van der Waals surface area (Å²) in [5, 5.41) is 6.26. The molecule has 0 radical (unpaired) electrons. The molecular formula is C22H23N3O. The van der Waals surface area contributed by atoms with Crippen molar-refractivity contribution in [3.63, 3.8) is 0 Å². The van der Waals surface area contributed by atoms with E-state index in [4.69, 9.17) is 0 Å². The van der Waals surface area contributed by atoms with Crippen LogP contribution in [-0.2, 0) is 6.54 Å². The molecule has 26 heavy (non-hydrogen) atoms. The van der Waals surface area contributed by atoms with Crippen LogP contribution in [0.25, 0.3) is 0 Å². The Kier molecular flexibility index (Phi) is 5.32. The summed E-state index contributed by atoms with van der Waals surface area (Å²) in [7, 11) is 0. The van der Waals surface area contributed by atoms with Crippen LogP contribution in [0, 0.1) is 20.8 Å². The molecule has 0 saturated heterocycles. The highest BCUT2D eigenvalue weighted by atomic mass is 16.1. The molecule has 2 N–H and O–H groups in total. The minimum Gasteiger partial charge on any atom is -0.354 e. The van der Waals surface area contributed by atoms with E-state index in [1.54, 1.807) is 12.4 Å². The van der Waals surface area contributed by atoms with Gasteiger partial charge in [-0.05, 0) is 61.2 Å². The fourth-order valence-electron chi connectivity index (χ4n) is 2.70. The third kappa shape index (κ3) is 4.28. The lowest BCUT2D eigenvalue weighted by Crippen LogP contribution is -2.23. The van der Waals surface area contributed by atoms with Crippen LogP contribution >= 0.6 is 0 Å². The van der Waals surface area contributed by atoms with Crippen molar-refractivity contribution in [3.8, 4) is 0 Å². The van der Waals surface area contributed by atoms with Crippen LogP contribution in [0.5, 0.6) is 0 Å². The maximum Gasteiger partial charge on any atom is 0.253 e.